The molecule has 18 heavy (non-hydrogen) atoms. The fourth-order valence-corrected chi connectivity index (χ4v) is 2.62. The zero-order chi connectivity index (χ0) is 13.0. The molecular weight excluding hydrogens is 224 g/mol. The monoisotopic (exact) mass is 248 g/mol. The first kappa shape index (κ1) is 13.3. The van der Waals surface area contributed by atoms with Crippen molar-refractivity contribution in [1.82, 2.24) is 14.9 Å². The average molecular weight is 248 g/mol. The Morgan fingerprint density at radius 1 is 1.33 bits per heavy atom. The van der Waals surface area contributed by atoms with Crippen LogP contribution in [0.1, 0.15) is 39.3 Å². The maximum Gasteiger partial charge on any atom is 0.144 e. The molecule has 1 saturated heterocycles. The minimum Gasteiger partial charge on any atom is -0.369 e. The molecule has 1 aliphatic heterocycles. The highest BCUT2D eigenvalue weighted by Gasteiger charge is 2.26. The van der Waals surface area contributed by atoms with E-state index in [-0.39, 0.29) is 0 Å². The summed E-state index contributed by atoms with van der Waals surface area (Å²) in [6, 6.07) is 0. The van der Waals surface area contributed by atoms with Crippen molar-refractivity contribution in [2.75, 3.05) is 25.0 Å². The van der Waals surface area contributed by atoms with Gasteiger partial charge in [0.15, 0.2) is 0 Å². The summed E-state index contributed by atoms with van der Waals surface area (Å²) in [5.41, 5.74) is 1.50. The van der Waals surface area contributed by atoms with Gasteiger partial charge >= 0.3 is 0 Å². The van der Waals surface area contributed by atoms with Crippen LogP contribution in [0.3, 0.4) is 0 Å². The molecular formula is C14H24N4. The summed E-state index contributed by atoms with van der Waals surface area (Å²) in [5.74, 6) is 0.861. The van der Waals surface area contributed by atoms with Gasteiger partial charge in [-0.05, 0) is 31.7 Å². The van der Waals surface area contributed by atoms with Crippen LogP contribution in [0, 0.1) is 5.41 Å². The van der Waals surface area contributed by atoms with Crippen LogP contribution in [0.5, 0.6) is 0 Å². The molecule has 0 bridgehead atoms. The van der Waals surface area contributed by atoms with E-state index in [1.165, 1.54) is 19.4 Å². The fraction of sp³-hybridized carbons (Fsp3) is 0.714. The highest BCUT2D eigenvalue weighted by atomic mass is 15.1. The number of nitrogens with zero attached hydrogens (tertiary/aromatic N) is 3. The normalized spacial score (nSPS) is 19.7. The van der Waals surface area contributed by atoms with Crippen LogP contribution in [0.2, 0.25) is 0 Å². The minimum atomic E-state index is 0.440. The maximum absolute atomic E-state index is 4.47. The summed E-state index contributed by atoms with van der Waals surface area (Å²) in [6.07, 6.45) is 6.33. The third-order valence-electron chi connectivity index (χ3n) is 3.43. The summed E-state index contributed by atoms with van der Waals surface area (Å²) in [4.78, 5) is 11.3. The van der Waals surface area contributed by atoms with Gasteiger partial charge in [0.1, 0.15) is 5.82 Å². The van der Waals surface area contributed by atoms with Crippen molar-refractivity contribution < 1.29 is 0 Å². The van der Waals surface area contributed by atoms with E-state index < -0.39 is 0 Å². The van der Waals surface area contributed by atoms with Gasteiger partial charge in [0.2, 0.25) is 0 Å². The van der Waals surface area contributed by atoms with Crippen molar-refractivity contribution in [2.24, 2.45) is 5.41 Å². The molecule has 0 aliphatic carbocycles. The Kier molecular flexibility index (Phi) is 4.17. The van der Waals surface area contributed by atoms with Gasteiger partial charge in [0.25, 0.3) is 0 Å². The van der Waals surface area contributed by atoms with Gasteiger partial charge in [0.05, 0.1) is 18.1 Å². The molecule has 0 unspecified atom stereocenters. The molecule has 4 heteroatoms. The first-order chi connectivity index (χ1) is 8.59. The van der Waals surface area contributed by atoms with Crippen molar-refractivity contribution >= 4 is 5.82 Å². The van der Waals surface area contributed by atoms with E-state index in [4.69, 9.17) is 0 Å². The molecule has 1 aromatic rings. The van der Waals surface area contributed by atoms with Crippen LogP contribution in [0.4, 0.5) is 5.82 Å². The first-order valence-electron chi connectivity index (χ1n) is 6.86. The molecule has 4 nitrogen and oxygen atoms in total. The third kappa shape index (κ3) is 3.67. The minimum absolute atomic E-state index is 0.440. The highest BCUT2D eigenvalue weighted by Crippen LogP contribution is 2.28. The Morgan fingerprint density at radius 3 is 2.78 bits per heavy atom. The summed E-state index contributed by atoms with van der Waals surface area (Å²) < 4.78 is 0. The molecule has 0 saturated carbocycles. The quantitative estimate of drug-likeness (QED) is 0.889. The van der Waals surface area contributed by atoms with Crippen molar-refractivity contribution in [3.8, 4) is 0 Å². The van der Waals surface area contributed by atoms with E-state index in [1.807, 2.05) is 12.4 Å². The Hall–Kier alpha value is -1.16. The second kappa shape index (κ2) is 5.65. The fourth-order valence-electron chi connectivity index (χ4n) is 2.62. The zero-order valence-electron chi connectivity index (χ0n) is 11.7. The molecule has 1 aromatic heterocycles. The van der Waals surface area contributed by atoms with Crippen molar-refractivity contribution in [3.63, 3.8) is 0 Å². The molecule has 2 heterocycles. The molecule has 2 rings (SSSR count). The lowest BCUT2D eigenvalue weighted by atomic mass is 9.84. The molecule has 100 valence electrons. The largest absolute Gasteiger partial charge is 0.369 e. The number of piperidine rings is 1. The number of anilines is 1. The van der Waals surface area contributed by atoms with Gasteiger partial charge in [-0.15, -0.1) is 0 Å². The predicted molar refractivity (Wildman–Crippen MR) is 74.5 cm³/mol. The van der Waals surface area contributed by atoms with E-state index in [0.717, 1.165) is 31.1 Å². The van der Waals surface area contributed by atoms with Crippen LogP contribution < -0.4 is 5.32 Å². The van der Waals surface area contributed by atoms with Crippen LogP contribution >= 0.6 is 0 Å². The van der Waals surface area contributed by atoms with Gasteiger partial charge < -0.3 is 5.32 Å². The predicted octanol–water partition coefficient (Wildman–Crippen LogP) is 2.53. The SMILES string of the molecule is CCNc1cnc(CN2CCCC(C)(C)C2)cn1. The Bertz CT molecular complexity index is 372. The Balaban J connectivity index is 1.92. The van der Waals surface area contributed by atoms with E-state index in [9.17, 15) is 0 Å². The topological polar surface area (TPSA) is 41.1 Å². The molecule has 1 fully saturated rings. The summed E-state index contributed by atoms with van der Waals surface area (Å²) in [7, 11) is 0. The second-order valence-corrected chi connectivity index (χ2v) is 5.90. The molecule has 1 aliphatic rings. The molecule has 0 amide bonds. The van der Waals surface area contributed by atoms with Gasteiger partial charge in [0, 0.05) is 19.6 Å². The molecule has 0 atom stereocenters. The number of aromatic nitrogens is 2. The third-order valence-corrected chi connectivity index (χ3v) is 3.43. The highest BCUT2D eigenvalue weighted by molar-refractivity contribution is 5.30. The number of hydrogen-bond donors (Lipinski definition) is 1. The lowest BCUT2D eigenvalue weighted by Crippen LogP contribution is -2.39. The van der Waals surface area contributed by atoms with Crippen molar-refractivity contribution in [1.29, 1.82) is 0 Å². The van der Waals surface area contributed by atoms with E-state index in [1.54, 1.807) is 0 Å². The van der Waals surface area contributed by atoms with Crippen molar-refractivity contribution in [3.05, 3.63) is 18.1 Å². The standard InChI is InChI=1S/C14H24N4/c1-4-15-13-9-16-12(8-17-13)10-18-7-5-6-14(2,3)11-18/h8-9H,4-7,10-11H2,1-3H3,(H,15,17). The Morgan fingerprint density at radius 2 is 2.17 bits per heavy atom. The molecule has 1 N–H and O–H groups in total. The maximum atomic E-state index is 4.47. The van der Waals surface area contributed by atoms with E-state index in [0.29, 0.717) is 5.41 Å². The number of rotatable bonds is 4. The van der Waals surface area contributed by atoms with Crippen LogP contribution in [0.25, 0.3) is 0 Å². The van der Waals surface area contributed by atoms with Gasteiger partial charge in [-0.1, -0.05) is 13.8 Å². The average Bonchev–Trinajstić information content (AvgIpc) is 2.31. The summed E-state index contributed by atoms with van der Waals surface area (Å²) in [5, 5.41) is 3.16. The number of nitrogens with one attached hydrogen (secondary N) is 1. The number of hydrogen-bond acceptors (Lipinski definition) is 4. The molecule has 0 aromatic carbocycles. The lowest BCUT2D eigenvalue weighted by Gasteiger charge is -2.37. The molecule has 0 spiro atoms. The van der Waals surface area contributed by atoms with E-state index in [2.05, 4.69) is 41.0 Å². The van der Waals surface area contributed by atoms with Gasteiger partial charge in [-0.3, -0.25) is 9.88 Å². The van der Waals surface area contributed by atoms with Crippen molar-refractivity contribution in [2.45, 2.75) is 40.2 Å². The first-order valence-corrected chi connectivity index (χ1v) is 6.86. The Labute approximate surface area is 110 Å². The lowest BCUT2D eigenvalue weighted by molar-refractivity contribution is 0.110. The van der Waals surface area contributed by atoms with E-state index >= 15 is 0 Å². The second-order valence-electron chi connectivity index (χ2n) is 5.90. The summed E-state index contributed by atoms with van der Waals surface area (Å²) in [6.45, 7) is 10.9. The zero-order valence-corrected chi connectivity index (χ0v) is 11.7. The van der Waals surface area contributed by atoms with Crippen LogP contribution in [-0.4, -0.2) is 34.5 Å². The smallest absolute Gasteiger partial charge is 0.144 e. The van der Waals surface area contributed by atoms with Gasteiger partial charge in [-0.2, -0.15) is 0 Å². The summed E-state index contributed by atoms with van der Waals surface area (Å²) >= 11 is 0. The number of likely N-dealkylation sites (tertiary alicyclic amines) is 1. The van der Waals surface area contributed by atoms with Crippen LogP contribution in [-0.2, 0) is 6.54 Å². The molecule has 0 radical (unpaired) electrons. The van der Waals surface area contributed by atoms with Gasteiger partial charge in [-0.25, -0.2) is 4.98 Å². The van der Waals surface area contributed by atoms with Crippen LogP contribution in [0.15, 0.2) is 12.4 Å².